The van der Waals surface area contributed by atoms with Crippen molar-refractivity contribution in [2.75, 3.05) is 0 Å². The Hall–Kier alpha value is -1.42. The highest BCUT2D eigenvalue weighted by Gasteiger charge is 2.18. The lowest BCUT2D eigenvalue weighted by Crippen LogP contribution is -2.28. The topological polar surface area (TPSA) is 55.2 Å². The van der Waals surface area contributed by atoms with Crippen molar-refractivity contribution in [2.24, 2.45) is 0 Å². The van der Waals surface area contributed by atoms with Crippen LogP contribution in [0.15, 0.2) is 24.3 Å². The number of para-hydroxylation sites is 1. The minimum Gasteiger partial charge on any atom is -0.307 e. The molecule has 0 aliphatic carbocycles. The van der Waals surface area contributed by atoms with E-state index in [2.05, 4.69) is 19.2 Å². The van der Waals surface area contributed by atoms with Crippen LogP contribution in [-0.2, 0) is 0 Å². The number of benzene rings is 1. The number of nitro benzene ring substituents is 1. The van der Waals surface area contributed by atoms with Gasteiger partial charge in [-0.15, -0.1) is 0 Å². The molecule has 0 radical (unpaired) electrons. The Morgan fingerprint density at radius 3 is 2.56 bits per heavy atom. The molecule has 1 aromatic carbocycles. The summed E-state index contributed by atoms with van der Waals surface area (Å²) in [5.41, 5.74) is 0.929. The minimum atomic E-state index is -0.329. The molecule has 1 rings (SSSR count). The normalized spacial score (nSPS) is 14.4. The predicted octanol–water partition coefficient (Wildman–Crippen LogP) is 3.04. The quantitative estimate of drug-likeness (QED) is 0.615. The molecule has 0 bridgehead atoms. The third-order valence-electron chi connectivity index (χ3n) is 2.75. The fraction of sp³-hybridized carbons (Fsp3) is 0.500. The molecule has 4 heteroatoms. The van der Waals surface area contributed by atoms with Crippen molar-refractivity contribution >= 4 is 5.69 Å². The largest absolute Gasteiger partial charge is 0.307 e. The number of hydrogen-bond acceptors (Lipinski definition) is 3. The zero-order chi connectivity index (χ0) is 12.1. The van der Waals surface area contributed by atoms with Crippen molar-refractivity contribution in [3.8, 4) is 0 Å². The SMILES string of the molecule is CCC(C)NC(C)c1ccccc1[N+](=O)[O-]. The van der Waals surface area contributed by atoms with Crippen LogP contribution in [0.1, 0.15) is 38.8 Å². The summed E-state index contributed by atoms with van der Waals surface area (Å²) in [4.78, 5) is 10.5. The van der Waals surface area contributed by atoms with Crippen LogP contribution in [0.3, 0.4) is 0 Å². The van der Waals surface area contributed by atoms with Crippen molar-refractivity contribution in [1.29, 1.82) is 0 Å². The summed E-state index contributed by atoms with van der Waals surface area (Å²) < 4.78 is 0. The van der Waals surface area contributed by atoms with Gasteiger partial charge in [0.15, 0.2) is 0 Å². The van der Waals surface area contributed by atoms with E-state index in [0.717, 1.165) is 12.0 Å². The first-order valence-corrected chi connectivity index (χ1v) is 5.55. The summed E-state index contributed by atoms with van der Waals surface area (Å²) in [6.07, 6.45) is 1.00. The molecular weight excluding hydrogens is 204 g/mol. The second-order valence-corrected chi connectivity index (χ2v) is 4.01. The lowest BCUT2D eigenvalue weighted by Gasteiger charge is -2.18. The summed E-state index contributed by atoms with van der Waals surface area (Å²) in [7, 11) is 0. The van der Waals surface area contributed by atoms with Crippen LogP contribution in [0, 0.1) is 10.1 Å². The summed E-state index contributed by atoms with van der Waals surface area (Å²) in [6.45, 7) is 6.11. The molecule has 0 aromatic heterocycles. The smallest absolute Gasteiger partial charge is 0.274 e. The van der Waals surface area contributed by atoms with Gasteiger partial charge in [0.05, 0.1) is 4.92 Å². The van der Waals surface area contributed by atoms with Gasteiger partial charge in [-0.2, -0.15) is 0 Å². The molecule has 1 aromatic rings. The van der Waals surface area contributed by atoms with Crippen LogP contribution in [0.2, 0.25) is 0 Å². The fourth-order valence-corrected chi connectivity index (χ4v) is 1.65. The molecule has 4 nitrogen and oxygen atoms in total. The van der Waals surface area contributed by atoms with Crippen LogP contribution >= 0.6 is 0 Å². The van der Waals surface area contributed by atoms with Crippen molar-refractivity contribution in [2.45, 2.75) is 39.3 Å². The van der Waals surface area contributed by atoms with E-state index in [1.165, 1.54) is 0 Å². The van der Waals surface area contributed by atoms with Gasteiger partial charge in [-0.05, 0) is 20.3 Å². The predicted molar refractivity (Wildman–Crippen MR) is 64.4 cm³/mol. The van der Waals surface area contributed by atoms with E-state index in [0.29, 0.717) is 6.04 Å². The molecule has 0 heterocycles. The van der Waals surface area contributed by atoms with E-state index in [9.17, 15) is 10.1 Å². The zero-order valence-corrected chi connectivity index (χ0v) is 9.93. The van der Waals surface area contributed by atoms with Gasteiger partial charge in [-0.25, -0.2) is 0 Å². The summed E-state index contributed by atoms with van der Waals surface area (Å²) in [6, 6.07) is 7.23. The van der Waals surface area contributed by atoms with E-state index in [4.69, 9.17) is 0 Å². The Kier molecular flexibility index (Phi) is 4.43. The molecule has 16 heavy (non-hydrogen) atoms. The highest BCUT2D eigenvalue weighted by Crippen LogP contribution is 2.24. The van der Waals surface area contributed by atoms with Gasteiger partial charge in [0.2, 0.25) is 0 Å². The monoisotopic (exact) mass is 222 g/mol. The Bertz CT molecular complexity index is 366. The van der Waals surface area contributed by atoms with Gasteiger partial charge in [0, 0.05) is 23.7 Å². The van der Waals surface area contributed by atoms with Crippen molar-refractivity contribution < 1.29 is 4.92 Å². The van der Waals surface area contributed by atoms with Crippen LogP contribution in [0.5, 0.6) is 0 Å². The maximum atomic E-state index is 10.9. The minimum absolute atomic E-state index is 0.00319. The molecule has 2 atom stereocenters. The third kappa shape index (κ3) is 3.03. The first-order chi connectivity index (χ1) is 7.56. The molecule has 1 N–H and O–H groups in total. The average Bonchev–Trinajstić information content (AvgIpc) is 2.28. The summed E-state index contributed by atoms with van der Waals surface area (Å²) in [5.74, 6) is 0. The number of nitrogens with one attached hydrogen (secondary N) is 1. The van der Waals surface area contributed by atoms with Crippen LogP contribution < -0.4 is 5.32 Å². The van der Waals surface area contributed by atoms with Gasteiger partial charge in [-0.3, -0.25) is 10.1 Å². The van der Waals surface area contributed by atoms with E-state index in [1.807, 2.05) is 13.0 Å². The van der Waals surface area contributed by atoms with E-state index in [1.54, 1.807) is 18.2 Å². The van der Waals surface area contributed by atoms with E-state index >= 15 is 0 Å². The molecular formula is C12H18N2O2. The number of rotatable bonds is 5. The Morgan fingerprint density at radius 2 is 2.00 bits per heavy atom. The first kappa shape index (κ1) is 12.6. The number of nitrogens with zero attached hydrogens (tertiary/aromatic N) is 1. The summed E-state index contributed by atoms with van der Waals surface area (Å²) in [5, 5.41) is 14.2. The van der Waals surface area contributed by atoms with Gasteiger partial charge < -0.3 is 5.32 Å². The summed E-state index contributed by atoms with van der Waals surface area (Å²) >= 11 is 0. The standard InChI is InChI=1S/C12H18N2O2/c1-4-9(2)13-10(3)11-7-5-6-8-12(11)14(15)16/h5-10,13H,4H2,1-3H3. The van der Waals surface area contributed by atoms with E-state index < -0.39 is 0 Å². The molecule has 0 spiro atoms. The molecule has 0 amide bonds. The van der Waals surface area contributed by atoms with Gasteiger partial charge in [0.25, 0.3) is 5.69 Å². The molecule has 0 fully saturated rings. The zero-order valence-electron chi connectivity index (χ0n) is 9.93. The average molecular weight is 222 g/mol. The highest BCUT2D eigenvalue weighted by molar-refractivity contribution is 5.41. The highest BCUT2D eigenvalue weighted by atomic mass is 16.6. The fourth-order valence-electron chi connectivity index (χ4n) is 1.65. The second-order valence-electron chi connectivity index (χ2n) is 4.01. The van der Waals surface area contributed by atoms with Crippen molar-refractivity contribution in [3.63, 3.8) is 0 Å². The Morgan fingerprint density at radius 1 is 1.38 bits per heavy atom. The van der Waals surface area contributed by atoms with Crippen LogP contribution in [-0.4, -0.2) is 11.0 Å². The molecule has 0 saturated carbocycles. The van der Waals surface area contributed by atoms with E-state index in [-0.39, 0.29) is 16.7 Å². The second kappa shape index (κ2) is 5.61. The first-order valence-electron chi connectivity index (χ1n) is 5.55. The maximum Gasteiger partial charge on any atom is 0.274 e. The maximum absolute atomic E-state index is 10.9. The number of nitro groups is 1. The third-order valence-corrected chi connectivity index (χ3v) is 2.75. The van der Waals surface area contributed by atoms with Gasteiger partial charge in [-0.1, -0.05) is 25.1 Å². The van der Waals surface area contributed by atoms with Gasteiger partial charge >= 0.3 is 0 Å². The van der Waals surface area contributed by atoms with Crippen molar-refractivity contribution in [1.82, 2.24) is 5.32 Å². The Balaban J connectivity index is 2.90. The molecule has 2 unspecified atom stereocenters. The lowest BCUT2D eigenvalue weighted by molar-refractivity contribution is -0.385. The molecule has 0 aliphatic heterocycles. The van der Waals surface area contributed by atoms with Crippen LogP contribution in [0.4, 0.5) is 5.69 Å². The Labute approximate surface area is 95.8 Å². The van der Waals surface area contributed by atoms with Gasteiger partial charge in [0.1, 0.15) is 0 Å². The van der Waals surface area contributed by atoms with Crippen LogP contribution in [0.25, 0.3) is 0 Å². The van der Waals surface area contributed by atoms with Crippen molar-refractivity contribution in [3.05, 3.63) is 39.9 Å². The molecule has 88 valence electrons. The lowest BCUT2D eigenvalue weighted by atomic mass is 10.1. The molecule has 0 saturated heterocycles. The molecule has 0 aliphatic rings. The number of hydrogen-bond donors (Lipinski definition) is 1.